The molecule has 1 aliphatic rings. The lowest BCUT2D eigenvalue weighted by Crippen LogP contribution is -2.51. The molecule has 8 heteroatoms. The van der Waals surface area contributed by atoms with Gasteiger partial charge in [-0.15, -0.1) is 0 Å². The highest BCUT2D eigenvalue weighted by molar-refractivity contribution is 9.10. The van der Waals surface area contributed by atoms with E-state index in [1.54, 1.807) is 62.4 Å². The van der Waals surface area contributed by atoms with Gasteiger partial charge >= 0.3 is 18.0 Å². The second kappa shape index (κ2) is 9.58. The van der Waals surface area contributed by atoms with Crippen molar-refractivity contribution in [3.63, 3.8) is 0 Å². The number of halogens is 1. The van der Waals surface area contributed by atoms with Crippen LogP contribution in [0.5, 0.6) is 0 Å². The van der Waals surface area contributed by atoms with E-state index >= 15 is 0 Å². The van der Waals surface area contributed by atoms with Gasteiger partial charge < -0.3 is 14.8 Å². The molecule has 0 saturated carbocycles. The van der Waals surface area contributed by atoms with Crippen LogP contribution in [0.1, 0.15) is 25.5 Å². The maximum atomic E-state index is 13.1. The Morgan fingerprint density at radius 2 is 1.57 bits per heavy atom. The Morgan fingerprint density at radius 1 is 0.967 bits per heavy atom. The topological polar surface area (TPSA) is 84.9 Å². The Bertz CT molecular complexity index is 973. The smallest absolute Gasteiger partial charge is 0.356 e. The summed E-state index contributed by atoms with van der Waals surface area (Å²) in [6.45, 7) is 3.54. The first-order valence-corrected chi connectivity index (χ1v) is 10.3. The van der Waals surface area contributed by atoms with Crippen LogP contribution in [0.2, 0.25) is 0 Å². The van der Waals surface area contributed by atoms with Crippen molar-refractivity contribution in [3.8, 4) is 0 Å². The average molecular weight is 473 g/mol. The zero-order valence-corrected chi connectivity index (χ0v) is 18.1. The van der Waals surface area contributed by atoms with E-state index < -0.39 is 24.0 Å². The van der Waals surface area contributed by atoms with E-state index in [9.17, 15) is 14.4 Å². The lowest BCUT2D eigenvalue weighted by atomic mass is 9.94. The molecule has 0 spiro atoms. The van der Waals surface area contributed by atoms with Crippen LogP contribution in [0.3, 0.4) is 0 Å². The third-order valence-electron chi connectivity index (χ3n) is 4.42. The summed E-state index contributed by atoms with van der Waals surface area (Å²) in [6.07, 6.45) is 0. The van der Waals surface area contributed by atoms with Gasteiger partial charge in [-0.1, -0.05) is 46.3 Å². The molecule has 1 atom stereocenters. The van der Waals surface area contributed by atoms with Gasteiger partial charge in [0.2, 0.25) is 0 Å². The van der Waals surface area contributed by atoms with Crippen molar-refractivity contribution >= 4 is 39.6 Å². The molecule has 2 aromatic rings. The van der Waals surface area contributed by atoms with Crippen molar-refractivity contribution in [2.45, 2.75) is 19.9 Å². The number of urea groups is 1. The molecule has 1 unspecified atom stereocenters. The maximum absolute atomic E-state index is 13.1. The number of hydrogen-bond donors (Lipinski definition) is 1. The van der Waals surface area contributed by atoms with Gasteiger partial charge in [0.15, 0.2) is 0 Å². The van der Waals surface area contributed by atoms with E-state index in [1.165, 1.54) is 0 Å². The minimum absolute atomic E-state index is 0.0176. The number of benzene rings is 2. The highest BCUT2D eigenvalue weighted by atomic mass is 79.9. The number of esters is 2. The van der Waals surface area contributed by atoms with Gasteiger partial charge in [-0.25, -0.2) is 14.4 Å². The molecule has 2 amide bonds. The summed E-state index contributed by atoms with van der Waals surface area (Å²) in [7, 11) is 0. The van der Waals surface area contributed by atoms with Gasteiger partial charge in [0, 0.05) is 4.47 Å². The van der Waals surface area contributed by atoms with Crippen molar-refractivity contribution in [2.75, 3.05) is 18.1 Å². The molecular formula is C22H21BrN2O5. The van der Waals surface area contributed by atoms with Crippen LogP contribution in [-0.4, -0.2) is 31.2 Å². The molecule has 0 saturated heterocycles. The fraction of sp³-hybridized carbons (Fsp3) is 0.227. The zero-order valence-electron chi connectivity index (χ0n) is 16.6. The molecule has 3 rings (SSSR count). The van der Waals surface area contributed by atoms with Crippen LogP contribution >= 0.6 is 15.9 Å². The standard InChI is InChI=1S/C22H21BrN2O5/c1-3-29-20(26)17-18(14-8-6-5-7-9-14)24-22(28)25(19(17)21(27)30-4-2)16-12-10-15(23)11-13-16/h5-13,18H,3-4H2,1-2H3,(H,24,28). The molecule has 2 aromatic carbocycles. The number of amides is 2. The monoisotopic (exact) mass is 472 g/mol. The Balaban J connectivity index is 2.26. The van der Waals surface area contributed by atoms with Crippen LogP contribution in [0.25, 0.3) is 0 Å². The first-order chi connectivity index (χ1) is 14.5. The average Bonchev–Trinajstić information content (AvgIpc) is 2.74. The van der Waals surface area contributed by atoms with Gasteiger partial charge in [-0.2, -0.15) is 0 Å². The molecule has 1 aliphatic heterocycles. The van der Waals surface area contributed by atoms with Gasteiger partial charge in [-0.3, -0.25) is 4.90 Å². The van der Waals surface area contributed by atoms with E-state index in [1.807, 2.05) is 6.07 Å². The molecule has 0 aliphatic carbocycles. The van der Waals surface area contributed by atoms with Crippen LogP contribution < -0.4 is 10.2 Å². The third-order valence-corrected chi connectivity index (χ3v) is 4.95. The quantitative estimate of drug-likeness (QED) is 0.639. The SMILES string of the molecule is CCOC(=O)C1=C(C(=O)OCC)N(c2ccc(Br)cc2)C(=O)NC1c1ccccc1. The zero-order chi connectivity index (χ0) is 21.7. The summed E-state index contributed by atoms with van der Waals surface area (Å²) in [4.78, 5) is 40.2. The van der Waals surface area contributed by atoms with Crippen LogP contribution in [-0.2, 0) is 19.1 Å². The number of hydrogen-bond acceptors (Lipinski definition) is 5. The minimum atomic E-state index is -0.858. The van der Waals surface area contributed by atoms with Crippen LogP contribution in [0, 0.1) is 0 Å². The summed E-state index contributed by atoms with van der Waals surface area (Å²) in [5, 5.41) is 2.82. The van der Waals surface area contributed by atoms with Crippen LogP contribution in [0.4, 0.5) is 10.5 Å². The minimum Gasteiger partial charge on any atom is -0.463 e. The number of carbonyl (C=O) groups excluding carboxylic acids is 3. The number of rotatable bonds is 6. The second-order valence-electron chi connectivity index (χ2n) is 6.31. The summed E-state index contributed by atoms with van der Waals surface area (Å²) < 4.78 is 11.3. The highest BCUT2D eigenvalue weighted by Crippen LogP contribution is 2.35. The molecule has 1 N–H and O–H groups in total. The predicted molar refractivity (Wildman–Crippen MR) is 115 cm³/mol. The second-order valence-corrected chi connectivity index (χ2v) is 7.22. The summed E-state index contributed by atoms with van der Waals surface area (Å²) >= 11 is 3.35. The molecule has 0 aromatic heterocycles. The molecule has 0 fully saturated rings. The van der Waals surface area contributed by atoms with Gasteiger partial charge in [0.05, 0.1) is 30.5 Å². The Labute approximate surface area is 182 Å². The van der Waals surface area contributed by atoms with E-state index in [0.717, 1.165) is 9.37 Å². The highest BCUT2D eigenvalue weighted by Gasteiger charge is 2.42. The van der Waals surface area contributed by atoms with Gasteiger partial charge in [0.1, 0.15) is 5.70 Å². The normalized spacial score (nSPS) is 16.2. The largest absolute Gasteiger partial charge is 0.463 e. The summed E-state index contributed by atoms with van der Waals surface area (Å²) in [6, 6.07) is 14.3. The Kier molecular flexibility index (Phi) is 6.89. The van der Waals surface area contributed by atoms with Gasteiger partial charge in [-0.05, 0) is 43.7 Å². The van der Waals surface area contributed by atoms with E-state index in [-0.39, 0.29) is 24.5 Å². The van der Waals surface area contributed by atoms with Crippen molar-refractivity contribution in [1.82, 2.24) is 5.32 Å². The number of anilines is 1. The fourth-order valence-corrected chi connectivity index (χ4v) is 3.44. The molecule has 0 radical (unpaired) electrons. The molecule has 1 heterocycles. The third kappa shape index (κ3) is 4.38. The Hall–Kier alpha value is -3.13. The lowest BCUT2D eigenvalue weighted by Gasteiger charge is -2.35. The van der Waals surface area contributed by atoms with Crippen molar-refractivity contribution in [2.24, 2.45) is 0 Å². The molecule has 30 heavy (non-hydrogen) atoms. The van der Waals surface area contributed by atoms with E-state index in [4.69, 9.17) is 9.47 Å². The van der Waals surface area contributed by atoms with Crippen molar-refractivity contribution in [1.29, 1.82) is 0 Å². The molecule has 7 nitrogen and oxygen atoms in total. The lowest BCUT2D eigenvalue weighted by molar-refractivity contribution is -0.142. The fourth-order valence-electron chi connectivity index (χ4n) is 3.17. The number of nitrogens with zero attached hydrogens (tertiary/aromatic N) is 1. The number of ether oxygens (including phenoxy) is 2. The summed E-state index contributed by atoms with van der Waals surface area (Å²) in [5.74, 6) is -1.48. The van der Waals surface area contributed by atoms with Crippen molar-refractivity contribution < 1.29 is 23.9 Å². The first-order valence-electron chi connectivity index (χ1n) is 9.47. The van der Waals surface area contributed by atoms with Gasteiger partial charge in [0.25, 0.3) is 0 Å². The first kappa shape index (κ1) is 21.6. The molecule has 156 valence electrons. The van der Waals surface area contributed by atoms with E-state index in [2.05, 4.69) is 21.2 Å². The number of nitrogens with one attached hydrogen (secondary N) is 1. The maximum Gasteiger partial charge on any atom is 0.356 e. The Morgan fingerprint density at radius 3 is 2.17 bits per heavy atom. The molecule has 0 bridgehead atoms. The predicted octanol–water partition coefficient (Wildman–Crippen LogP) is 4.10. The molecular weight excluding hydrogens is 452 g/mol. The van der Waals surface area contributed by atoms with E-state index in [0.29, 0.717) is 11.3 Å². The van der Waals surface area contributed by atoms with Crippen LogP contribution in [0.15, 0.2) is 70.3 Å². The number of carbonyl (C=O) groups is 3. The van der Waals surface area contributed by atoms with Crippen molar-refractivity contribution in [3.05, 3.63) is 75.9 Å². The summed E-state index contributed by atoms with van der Waals surface area (Å²) in [5.41, 5.74) is 0.914.